The van der Waals surface area contributed by atoms with E-state index in [9.17, 15) is 0 Å². The highest BCUT2D eigenvalue weighted by Gasteiger charge is 2.14. The third-order valence-electron chi connectivity index (χ3n) is 2.54. The SMILES string of the molecule is COC1=CC=CC2=C(OC)C=CC=C1C2. The molecule has 0 amide bonds. The standard InChI is InChI=1S/C13H14O2/c1-14-12-7-3-6-11-9-10(12)5-4-8-13(11)15-2/h3-8H,9H2,1-2H3. The van der Waals surface area contributed by atoms with E-state index in [1.165, 1.54) is 11.1 Å². The second-order valence-electron chi connectivity index (χ2n) is 3.42. The van der Waals surface area contributed by atoms with Crippen LogP contribution in [0.1, 0.15) is 6.42 Å². The minimum absolute atomic E-state index is 0.854. The lowest BCUT2D eigenvalue weighted by molar-refractivity contribution is 0.297. The zero-order valence-corrected chi connectivity index (χ0v) is 8.99. The summed E-state index contributed by atoms with van der Waals surface area (Å²) in [6.45, 7) is 0. The van der Waals surface area contributed by atoms with Crippen molar-refractivity contribution < 1.29 is 9.47 Å². The Hall–Kier alpha value is -1.70. The largest absolute Gasteiger partial charge is 0.496 e. The Bertz CT molecular complexity index is 406. The fourth-order valence-corrected chi connectivity index (χ4v) is 1.78. The maximum atomic E-state index is 5.33. The van der Waals surface area contributed by atoms with Crippen LogP contribution in [0, 0.1) is 0 Å². The Balaban J connectivity index is 2.44. The number of allylic oxidation sites excluding steroid dienone is 8. The highest BCUT2D eigenvalue weighted by atomic mass is 16.5. The summed E-state index contributed by atoms with van der Waals surface area (Å²) in [5.41, 5.74) is 2.36. The maximum absolute atomic E-state index is 5.33. The first-order chi connectivity index (χ1) is 7.35. The topological polar surface area (TPSA) is 18.5 Å². The van der Waals surface area contributed by atoms with Crippen molar-refractivity contribution in [3.63, 3.8) is 0 Å². The van der Waals surface area contributed by atoms with Crippen molar-refractivity contribution in [2.75, 3.05) is 14.2 Å². The molecule has 0 radical (unpaired) electrons. The van der Waals surface area contributed by atoms with Crippen LogP contribution in [-0.2, 0) is 9.47 Å². The van der Waals surface area contributed by atoms with Crippen LogP contribution in [0.4, 0.5) is 0 Å². The quantitative estimate of drug-likeness (QED) is 0.685. The molecule has 2 aliphatic rings. The molecule has 2 aliphatic carbocycles. The number of methoxy groups -OCH3 is 2. The highest BCUT2D eigenvalue weighted by Crippen LogP contribution is 2.28. The van der Waals surface area contributed by atoms with Gasteiger partial charge in [0.05, 0.1) is 14.2 Å². The fourth-order valence-electron chi connectivity index (χ4n) is 1.78. The third kappa shape index (κ3) is 1.89. The molecule has 0 unspecified atom stereocenters. The summed E-state index contributed by atoms with van der Waals surface area (Å²) in [5.74, 6) is 1.84. The minimum Gasteiger partial charge on any atom is -0.496 e. The molecule has 0 aromatic heterocycles. The number of rotatable bonds is 2. The number of ether oxygens (including phenoxy) is 2. The molecule has 0 fully saturated rings. The number of hydrogen-bond donors (Lipinski definition) is 0. The van der Waals surface area contributed by atoms with E-state index in [2.05, 4.69) is 12.2 Å². The van der Waals surface area contributed by atoms with Gasteiger partial charge in [-0.05, 0) is 23.3 Å². The van der Waals surface area contributed by atoms with Crippen molar-refractivity contribution >= 4 is 0 Å². The Labute approximate surface area is 89.9 Å². The Kier molecular flexibility index (Phi) is 2.77. The summed E-state index contributed by atoms with van der Waals surface area (Å²) in [4.78, 5) is 0. The second-order valence-corrected chi connectivity index (χ2v) is 3.42. The highest BCUT2D eigenvalue weighted by molar-refractivity contribution is 5.47. The van der Waals surface area contributed by atoms with E-state index >= 15 is 0 Å². The average molecular weight is 202 g/mol. The molecular weight excluding hydrogens is 188 g/mol. The molecule has 2 rings (SSSR count). The Morgan fingerprint density at radius 1 is 1.00 bits per heavy atom. The van der Waals surface area contributed by atoms with Crippen LogP contribution < -0.4 is 0 Å². The van der Waals surface area contributed by atoms with Gasteiger partial charge in [-0.2, -0.15) is 0 Å². The minimum atomic E-state index is 0.854. The number of hydrogen-bond acceptors (Lipinski definition) is 2. The van der Waals surface area contributed by atoms with Crippen molar-refractivity contribution in [3.05, 3.63) is 59.1 Å². The van der Waals surface area contributed by atoms with Gasteiger partial charge in [0.25, 0.3) is 0 Å². The molecule has 0 atom stereocenters. The van der Waals surface area contributed by atoms with E-state index in [-0.39, 0.29) is 0 Å². The summed E-state index contributed by atoms with van der Waals surface area (Å²) in [5, 5.41) is 0. The molecule has 0 heterocycles. The first-order valence-electron chi connectivity index (χ1n) is 4.92. The predicted molar refractivity (Wildman–Crippen MR) is 60.1 cm³/mol. The summed E-state index contributed by atoms with van der Waals surface area (Å²) in [7, 11) is 3.39. The Morgan fingerprint density at radius 3 is 2.53 bits per heavy atom. The van der Waals surface area contributed by atoms with E-state index in [1.54, 1.807) is 14.2 Å². The van der Waals surface area contributed by atoms with Gasteiger partial charge in [0.2, 0.25) is 0 Å². The van der Waals surface area contributed by atoms with E-state index in [1.807, 2.05) is 24.3 Å². The van der Waals surface area contributed by atoms with Crippen LogP contribution in [0.2, 0.25) is 0 Å². The van der Waals surface area contributed by atoms with Crippen molar-refractivity contribution in [2.45, 2.75) is 6.42 Å². The van der Waals surface area contributed by atoms with Gasteiger partial charge in [0.1, 0.15) is 11.5 Å². The second kappa shape index (κ2) is 4.22. The van der Waals surface area contributed by atoms with Gasteiger partial charge in [-0.25, -0.2) is 0 Å². The molecule has 0 N–H and O–H groups in total. The van der Waals surface area contributed by atoms with Crippen LogP contribution >= 0.6 is 0 Å². The molecule has 2 bridgehead atoms. The van der Waals surface area contributed by atoms with Crippen LogP contribution in [0.3, 0.4) is 0 Å². The third-order valence-corrected chi connectivity index (χ3v) is 2.54. The Morgan fingerprint density at radius 2 is 1.80 bits per heavy atom. The van der Waals surface area contributed by atoms with E-state index in [0.717, 1.165) is 17.9 Å². The van der Waals surface area contributed by atoms with E-state index in [0.29, 0.717) is 0 Å². The van der Waals surface area contributed by atoms with Crippen molar-refractivity contribution in [1.82, 2.24) is 0 Å². The van der Waals surface area contributed by atoms with E-state index in [4.69, 9.17) is 9.47 Å². The van der Waals surface area contributed by atoms with Gasteiger partial charge in [-0.15, -0.1) is 0 Å². The van der Waals surface area contributed by atoms with Gasteiger partial charge >= 0.3 is 0 Å². The lowest BCUT2D eigenvalue weighted by atomic mass is 10.1. The van der Waals surface area contributed by atoms with Gasteiger partial charge in [0.15, 0.2) is 0 Å². The number of fused-ring (bicyclic) bond motifs is 2. The monoisotopic (exact) mass is 202 g/mol. The lowest BCUT2D eigenvalue weighted by Crippen LogP contribution is -1.93. The van der Waals surface area contributed by atoms with Crippen molar-refractivity contribution in [3.8, 4) is 0 Å². The zero-order chi connectivity index (χ0) is 10.7. The van der Waals surface area contributed by atoms with Gasteiger partial charge in [-0.3, -0.25) is 0 Å². The summed E-state index contributed by atoms with van der Waals surface area (Å²) in [6.07, 6.45) is 12.9. The smallest absolute Gasteiger partial charge is 0.122 e. The molecule has 78 valence electrons. The van der Waals surface area contributed by atoms with Crippen LogP contribution in [-0.4, -0.2) is 14.2 Å². The van der Waals surface area contributed by atoms with Crippen LogP contribution in [0.25, 0.3) is 0 Å². The zero-order valence-electron chi connectivity index (χ0n) is 8.99. The van der Waals surface area contributed by atoms with Crippen LogP contribution in [0.5, 0.6) is 0 Å². The normalized spacial score (nSPS) is 19.1. The molecular formula is C13H14O2. The van der Waals surface area contributed by atoms with Crippen molar-refractivity contribution in [2.24, 2.45) is 0 Å². The molecule has 0 spiro atoms. The van der Waals surface area contributed by atoms with Gasteiger partial charge in [-0.1, -0.05) is 24.3 Å². The molecule has 2 heteroatoms. The molecule has 0 aromatic carbocycles. The van der Waals surface area contributed by atoms with Crippen molar-refractivity contribution in [1.29, 1.82) is 0 Å². The average Bonchev–Trinajstić information content (AvgIpc) is 2.58. The first kappa shape index (κ1) is 9.84. The van der Waals surface area contributed by atoms with E-state index < -0.39 is 0 Å². The molecule has 2 nitrogen and oxygen atoms in total. The molecule has 0 aromatic rings. The summed E-state index contributed by atoms with van der Waals surface area (Å²) < 4.78 is 10.7. The van der Waals surface area contributed by atoms with Crippen LogP contribution in [0.15, 0.2) is 59.1 Å². The molecule has 0 saturated heterocycles. The molecule has 0 saturated carbocycles. The summed E-state index contributed by atoms with van der Waals surface area (Å²) in [6, 6.07) is 0. The maximum Gasteiger partial charge on any atom is 0.122 e. The molecule has 0 aliphatic heterocycles. The first-order valence-corrected chi connectivity index (χ1v) is 4.92. The van der Waals surface area contributed by atoms with Gasteiger partial charge < -0.3 is 9.47 Å². The summed E-state index contributed by atoms with van der Waals surface area (Å²) >= 11 is 0. The fraction of sp³-hybridized carbons (Fsp3) is 0.231. The predicted octanol–water partition coefficient (Wildman–Crippen LogP) is 2.87. The molecule has 15 heavy (non-hydrogen) atoms. The van der Waals surface area contributed by atoms with Gasteiger partial charge in [0, 0.05) is 6.42 Å². The lowest BCUT2D eigenvalue weighted by Gasteiger charge is -2.09.